The fourth-order valence-corrected chi connectivity index (χ4v) is 3.40. The van der Waals surface area contributed by atoms with Crippen molar-refractivity contribution >= 4 is 38.9 Å². The van der Waals surface area contributed by atoms with E-state index in [0.717, 1.165) is 9.35 Å². The van der Waals surface area contributed by atoms with Crippen molar-refractivity contribution in [2.45, 2.75) is 13.0 Å². The van der Waals surface area contributed by atoms with Crippen LogP contribution in [0.3, 0.4) is 0 Å². The van der Waals surface area contributed by atoms with Crippen LogP contribution in [0.4, 0.5) is 0 Å². The molecule has 0 aliphatic carbocycles. The molecule has 0 amide bonds. The van der Waals surface area contributed by atoms with Gasteiger partial charge in [0.05, 0.1) is 6.04 Å². The van der Waals surface area contributed by atoms with E-state index in [2.05, 4.69) is 15.9 Å². The average Bonchev–Trinajstić information content (AvgIpc) is 2.71. The fourth-order valence-electron chi connectivity index (χ4n) is 1.34. The van der Waals surface area contributed by atoms with Crippen molar-refractivity contribution in [2.75, 3.05) is 0 Å². The number of hydrogen-bond donors (Lipinski definition) is 1. The van der Waals surface area contributed by atoms with Crippen molar-refractivity contribution in [3.8, 4) is 0 Å². The zero-order valence-electron chi connectivity index (χ0n) is 7.96. The van der Waals surface area contributed by atoms with E-state index in [1.807, 2.05) is 13.0 Å². The van der Waals surface area contributed by atoms with Gasteiger partial charge in [0.15, 0.2) is 5.22 Å². The summed E-state index contributed by atoms with van der Waals surface area (Å²) in [6, 6.07) is 5.29. The van der Waals surface area contributed by atoms with Crippen LogP contribution in [-0.2, 0) is 0 Å². The highest BCUT2D eigenvalue weighted by molar-refractivity contribution is 9.10. The second kappa shape index (κ2) is 4.29. The molecule has 2 heterocycles. The number of aryl methyl sites for hydroxylation is 1. The van der Waals surface area contributed by atoms with Gasteiger partial charge in [-0.25, -0.2) is 0 Å². The van der Waals surface area contributed by atoms with Crippen LogP contribution in [0.5, 0.6) is 0 Å². The van der Waals surface area contributed by atoms with Gasteiger partial charge in [0.2, 0.25) is 0 Å². The Kier molecular flexibility index (Phi) is 3.21. The lowest BCUT2D eigenvalue weighted by molar-refractivity contribution is 0.493. The molecule has 2 aromatic heterocycles. The summed E-state index contributed by atoms with van der Waals surface area (Å²) >= 11 is 10.8. The molecule has 0 bridgehead atoms. The van der Waals surface area contributed by atoms with E-state index in [1.54, 1.807) is 23.5 Å². The van der Waals surface area contributed by atoms with Gasteiger partial charge in [-0.15, -0.1) is 11.3 Å². The van der Waals surface area contributed by atoms with Crippen LogP contribution in [0.1, 0.15) is 21.6 Å². The molecule has 0 radical (unpaired) electrons. The summed E-state index contributed by atoms with van der Waals surface area (Å²) in [5.74, 6) is 0.683. The van der Waals surface area contributed by atoms with Crippen LogP contribution in [0.25, 0.3) is 0 Å². The van der Waals surface area contributed by atoms with Crippen molar-refractivity contribution in [1.29, 1.82) is 0 Å². The second-order valence-electron chi connectivity index (χ2n) is 3.19. The van der Waals surface area contributed by atoms with Crippen LogP contribution < -0.4 is 5.73 Å². The first-order valence-corrected chi connectivity index (χ1v) is 6.33. The predicted molar refractivity (Wildman–Crippen MR) is 66.5 cm³/mol. The molecule has 2 aromatic rings. The molecule has 0 saturated heterocycles. The quantitative estimate of drug-likeness (QED) is 0.906. The number of rotatable bonds is 2. The highest BCUT2D eigenvalue weighted by Crippen LogP contribution is 2.35. The lowest BCUT2D eigenvalue weighted by Crippen LogP contribution is -2.09. The Bertz CT molecular complexity index is 479. The number of thiophene rings is 1. The molecule has 80 valence electrons. The predicted octanol–water partition coefficient (Wildman–Crippen LogP) is 4.11. The molecule has 1 atom stereocenters. The molecular weight excluding hydrogens is 298 g/mol. The van der Waals surface area contributed by atoms with Crippen molar-refractivity contribution in [3.63, 3.8) is 0 Å². The molecule has 0 aliphatic heterocycles. The maximum absolute atomic E-state index is 6.07. The van der Waals surface area contributed by atoms with Gasteiger partial charge in [0, 0.05) is 14.2 Å². The molecule has 2 rings (SSSR count). The van der Waals surface area contributed by atoms with Crippen LogP contribution in [-0.4, -0.2) is 0 Å². The number of hydrogen-bond acceptors (Lipinski definition) is 3. The van der Waals surface area contributed by atoms with Gasteiger partial charge in [-0.1, -0.05) is 0 Å². The molecule has 2 nitrogen and oxygen atoms in total. The van der Waals surface area contributed by atoms with Crippen molar-refractivity contribution < 1.29 is 4.42 Å². The van der Waals surface area contributed by atoms with Gasteiger partial charge >= 0.3 is 0 Å². The maximum Gasteiger partial charge on any atom is 0.193 e. The molecule has 2 N–H and O–H groups in total. The Labute approximate surface area is 105 Å². The smallest absolute Gasteiger partial charge is 0.193 e. The number of halogens is 2. The summed E-state index contributed by atoms with van der Waals surface area (Å²) in [5.41, 5.74) is 6.07. The monoisotopic (exact) mass is 305 g/mol. The van der Waals surface area contributed by atoms with Gasteiger partial charge in [0.25, 0.3) is 0 Å². The van der Waals surface area contributed by atoms with E-state index in [4.69, 9.17) is 21.8 Å². The second-order valence-corrected chi connectivity index (χ2v) is 5.70. The lowest BCUT2D eigenvalue weighted by Gasteiger charge is -2.06. The van der Waals surface area contributed by atoms with Gasteiger partial charge in [-0.05, 0) is 52.7 Å². The van der Waals surface area contributed by atoms with Gasteiger partial charge in [0.1, 0.15) is 5.76 Å². The lowest BCUT2D eigenvalue weighted by atomic mass is 10.2. The summed E-state index contributed by atoms with van der Waals surface area (Å²) in [5, 5.41) is 0.366. The Morgan fingerprint density at radius 3 is 2.73 bits per heavy atom. The van der Waals surface area contributed by atoms with Crippen LogP contribution in [0, 0.1) is 6.92 Å². The van der Waals surface area contributed by atoms with E-state index in [-0.39, 0.29) is 6.04 Å². The average molecular weight is 307 g/mol. The molecule has 15 heavy (non-hydrogen) atoms. The van der Waals surface area contributed by atoms with Crippen LogP contribution >= 0.6 is 38.9 Å². The molecule has 0 aliphatic rings. The molecular formula is C10H9BrClNOS. The molecule has 0 spiro atoms. The maximum atomic E-state index is 6.07. The summed E-state index contributed by atoms with van der Waals surface area (Å²) in [7, 11) is 0. The Hall–Kier alpha value is -0.290. The molecule has 0 saturated carbocycles. The minimum atomic E-state index is -0.259. The zero-order chi connectivity index (χ0) is 11.0. The van der Waals surface area contributed by atoms with Gasteiger partial charge < -0.3 is 10.2 Å². The van der Waals surface area contributed by atoms with Crippen molar-refractivity contribution in [2.24, 2.45) is 5.73 Å². The topological polar surface area (TPSA) is 39.2 Å². The Morgan fingerprint density at radius 2 is 2.27 bits per heavy atom. The first-order chi connectivity index (χ1) is 7.08. The van der Waals surface area contributed by atoms with E-state index >= 15 is 0 Å². The normalized spacial score (nSPS) is 13.1. The highest BCUT2D eigenvalue weighted by atomic mass is 79.9. The molecule has 5 heteroatoms. The molecule has 0 aromatic carbocycles. The molecule has 1 unspecified atom stereocenters. The minimum Gasteiger partial charge on any atom is -0.448 e. The summed E-state index contributed by atoms with van der Waals surface area (Å²) < 4.78 is 6.31. The Morgan fingerprint density at radius 1 is 1.53 bits per heavy atom. The Balaban J connectivity index is 2.35. The SMILES string of the molecule is Cc1cc(Br)c(C(N)c2ccc(Cl)o2)s1. The largest absolute Gasteiger partial charge is 0.448 e. The number of furan rings is 1. The standard InChI is InChI=1S/C10H9BrClNOS/c1-5-4-6(11)10(15-5)9(13)7-2-3-8(12)14-7/h2-4,9H,13H2,1H3. The van der Waals surface area contributed by atoms with E-state index in [0.29, 0.717) is 11.0 Å². The van der Waals surface area contributed by atoms with Gasteiger partial charge in [-0.3, -0.25) is 0 Å². The molecule has 0 fully saturated rings. The van der Waals surface area contributed by atoms with Crippen molar-refractivity contribution in [1.82, 2.24) is 0 Å². The summed E-state index contributed by atoms with van der Waals surface area (Å²) in [4.78, 5) is 2.27. The first kappa shape index (κ1) is 11.2. The van der Waals surface area contributed by atoms with Gasteiger partial charge in [-0.2, -0.15) is 0 Å². The van der Waals surface area contributed by atoms with Crippen molar-refractivity contribution in [3.05, 3.63) is 43.4 Å². The van der Waals surface area contributed by atoms with Crippen LogP contribution in [0.15, 0.2) is 27.1 Å². The van der Waals surface area contributed by atoms with E-state index in [9.17, 15) is 0 Å². The summed E-state index contributed by atoms with van der Waals surface area (Å²) in [6.07, 6.45) is 0. The van der Waals surface area contributed by atoms with E-state index in [1.165, 1.54) is 4.88 Å². The highest BCUT2D eigenvalue weighted by Gasteiger charge is 2.18. The van der Waals surface area contributed by atoms with Crippen LogP contribution in [0.2, 0.25) is 5.22 Å². The zero-order valence-corrected chi connectivity index (χ0v) is 11.1. The van der Waals surface area contributed by atoms with E-state index < -0.39 is 0 Å². The minimum absolute atomic E-state index is 0.259. The third kappa shape index (κ3) is 2.28. The fraction of sp³-hybridized carbons (Fsp3) is 0.200. The number of nitrogens with two attached hydrogens (primary N) is 1. The summed E-state index contributed by atoms with van der Waals surface area (Å²) in [6.45, 7) is 2.04. The first-order valence-electron chi connectivity index (χ1n) is 4.34. The third-order valence-corrected chi connectivity index (χ3v) is 4.27. The third-order valence-electron chi connectivity index (χ3n) is 2.02.